The van der Waals surface area contributed by atoms with Gasteiger partial charge in [-0.1, -0.05) is 6.92 Å². The second-order valence-corrected chi connectivity index (χ2v) is 4.26. The lowest BCUT2D eigenvalue weighted by atomic mass is 9.96. The van der Waals surface area contributed by atoms with Gasteiger partial charge in [-0.2, -0.15) is 0 Å². The highest BCUT2D eigenvalue weighted by atomic mass is 16.2. The Labute approximate surface area is 86.6 Å². The molecule has 0 bridgehead atoms. The van der Waals surface area contributed by atoms with E-state index in [4.69, 9.17) is 5.73 Å². The summed E-state index contributed by atoms with van der Waals surface area (Å²) in [6.45, 7) is 4.95. The minimum absolute atomic E-state index is 0.108. The zero-order valence-electron chi connectivity index (χ0n) is 9.33. The number of piperidine rings is 1. The summed E-state index contributed by atoms with van der Waals surface area (Å²) in [5.74, 6) is 0.287. The molecule has 1 amide bonds. The van der Waals surface area contributed by atoms with Gasteiger partial charge >= 0.3 is 0 Å². The second kappa shape index (κ2) is 5.35. The van der Waals surface area contributed by atoms with Gasteiger partial charge in [0.25, 0.3) is 0 Å². The molecule has 1 aliphatic rings. The highest BCUT2D eigenvalue weighted by Gasteiger charge is 2.28. The highest BCUT2D eigenvalue weighted by Crippen LogP contribution is 2.20. The molecule has 1 fully saturated rings. The topological polar surface area (TPSA) is 46.3 Å². The van der Waals surface area contributed by atoms with Crippen LogP contribution < -0.4 is 5.73 Å². The molecule has 1 rings (SSSR count). The zero-order valence-corrected chi connectivity index (χ0v) is 9.33. The summed E-state index contributed by atoms with van der Waals surface area (Å²) in [6.07, 6.45) is 5.03. The van der Waals surface area contributed by atoms with E-state index in [1.165, 1.54) is 6.42 Å². The van der Waals surface area contributed by atoms with E-state index in [0.29, 0.717) is 6.42 Å². The van der Waals surface area contributed by atoms with Gasteiger partial charge in [-0.25, -0.2) is 0 Å². The number of nitrogens with zero attached hydrogens (tertiary/aromatic N) is 1. The molecule has 0 saturated carbocycles. The summed E-state index contributed by atoms with van der Waals surface area (Å²) in [6, 6.07) is 0.388. The Morgan fingerprint density at radius 1 is 1.57 bits per heavy atom. The van der Waals surface area contributed by atoms with Gasteiger partial charge in [0.05, 0.1) is 0 Å². The average molecular weight is 198 g/mol. The summed E-state index contributed by atoms with van der Waals surface area (Å²) in [5.41, 5.74) is 5.90. The molecule has 0 spiro atoms. The molecule has 2 N–H and O–H groups in total. The van der Waals surface area contributed by atoms with E-state index in [1.807, 2.05) is 18.7 Å². The van der Waals surface area contributed by atoms with Crippen molar-refractivity contribution in [2.45, 2.75) is 58.0 Å². The van der Waals surface area contributed by atoms with E-state index >= 15 is 0 Å². The van der Waals surface area contributed by atoms with Crippen LogP contribution in [0.1, 0.15) is 46.0 Å². The van der Waals surface area contributed by atoms with Crippen LogP contribution in [0.2, 0.25) is 0 Å². The number of hydrogen-bond acceptors (Lipinski definition) is 2. The normalized spacial score (nSPS) is 24.8. The van der Waals surface area contributed by atoms with Crippen LogP contribution in [-0.4, -0.2) is 29.4 Å². The first-order chi connectivity index (χ1) is 6.66. The SMILES string of the molecule is CCCC(=O)N1CCCCC1C(C)N. The minimum Gasteiger partial charge on any atom is -0.338 e. The molecule has 0 aromatic rings. The lowest BCUT2D eigenvalue weighted by Gasteiger charge is -2.38. The van der Waals surface area contributed by atoms with E-state index in [9.17, 15) is 4.79 Å². The monoisotopic (exact) mass is 198 g/mol. The van der Waals surface area contributed by atoms with Crippen LogP contribution in [-0.2, 0) is 4.79 Å². The van der Waals surface area contributed by atoms with Gasteiger partial charge < -0.3 is 10.6 Å². The molecule has 14 heavy (non-hydrogen) atoms. The smallest absolute Gasteiger partial charge is 0.222 e. The van der Waals surface area contributed by atoms with Crippen molar-refractivity contribution >= 4 is 5.91 Å². The van der Waals surface area contributed by atoms with E-state index < -0.39 is 0 Å². The number of nitrogens with two attached hydrogens (primary N) is 1. The number of hydrogen-bond donors (Lipinski definition) is 1. The molecular weight excluding hydrogens is 176 g/mol. The Morgan fingerprint density at radius 2 is 2.29 bits per heavy atom. The number of likely N-dealkylation sites (tertiary alicyclic amines) is 1. The van der Waals surface area contributed by atoms with Crippen molar-refractivity contribution in [3.8, 4) is 0 Å². The number of rotatable bonds is 3. The van der Waals surface area contributed by atoms with Crippen molar-refractivity contribution in [2.24, 2.45) is 5.73 Å². The fraction of sp³-hybridized carbons (Fsp3) is 0.909. The van der Waals surface area contributed by atoms with Crippen LogP contribution in [0.25, 0.3) is 0 Å². The first-order valence-electron chi connectivity index (χ1n) is 5.72. The van der Waals surface area contributed by atoms with Crippen LogP contribution in [0.5, 0.6) is 0 Å². The van der Waals surface area contributed by atoms with E-state index in [1.54, 1.807) is 0 Å². The average Bonchev–Trinajstić information content (AvgIpc) is 2.18. The molecule has 0 aliphatic carbocycles. The molecule has 82 valence electrons. The molecule has 0 aromatic carbocycles. The maximum Gasteiger partial charge on any atom is 0.222 e. The van der Waals surface area contributed by atoms with Crippen LogP contribution in [0.4, 0.5) is 0 Å². The summed E-state index contributed by atoms with van der Waals surface area (Å²) in [7, 11) is 0. The fourth-order valence-corrected chi connectivity index (χ4v) is 2.17. The van der Waals surface area contributed by atoms with Crippen molar-refractivity contribution < 1.29 is 4.79 Å². The Bertz CT molecular complexity index is 192. The van der Waals surface area contributed by atoms with Crippen LogP contribution in [0.3, 0.4) is 0 Å². The van der Waals surface area contributed by atoms with Crippen molar-refractivity contribution in [1.29, 1.82) is 0 Å². The minimum atomic E-state index is 0.108. The predicted octanol–water partition coefficient (Wildman–Crippen LogP) is 1.51. The third kappa shape index (κ3) is 2.71. The number of carbonyl (C=O) groups is 1. The Morgan fingerprint density at radius 3 is 2.86 bits per heavy atom. The van der Waals surface area contributed by atoms with Crippen LogP contribution in [0, 0.1) is 0 Å². The van der Waals surface area contributed by atoms with Crippen LogP contribution >= 0.6 is 0 Å². The van der Waals surface area contributed by atoms with Crippen LogP contribution in [0.15, 0.2) is 0 Å². The van der Waals surface area contributed by atoms with Gasteiger partial charge in [0, 0.05) is 25.0 Å². The lowest BCUT2D eigenvalue weighted by molar-refractivity contribution is -0.135. The van der Waals surface area contributed by atoms with Crippen molar-refractivity contribution in [3.63, 3.8) is 0 Å². The predicted molar refractivity (Wildman–Crippen MR) is 57.9 cm³/mol. The number of amides is 1. The van der Waals surface area contributed by atoms with Crippen molar-refractivity contribution in [1.82, 2.24) is 4.90 Å². The molecular formula is C11H22N2O. The summed E-state index contributed by atoms with van der Waals surface area (Å²) >= 11 is 0. The molecule has 2 unspecified atom stereocenters. The summed E-state index contributed by atoms with van der Waals surface area (Å²) < 4.78 is 0. The molecule has 0 aromatic heterocycles. The first-order valence-corrected chi connectivity index (χ1v) is 5.72. The molecule has 1 saturated heterocycles. The fourth-order valence-electron chi connectivity index (χ4n) is 2.17. The molecule has 3 heteroatoms. The van der Waals surface area contributed by atoms with Gasteiger partial charge in [0.2, 0.25) is 5.91 Å². The van der Waals surface area contributed by atoms with Gasteiger partial charge in [-0.3, -0.25) is 4.79 Å². The molecule has 2 atom stereocenters. The van der Waals surface area contributed by atoms with Crippen molar-refractivity contribution in [3.05, 3.63) is 0 Å². The molecule has 1 aliphatic heterocycles. The lowest BCUT2D eigenvalue weighted by Crippen LogP contribution is -2.51. The van der Waals surface area contributed by atoms with Gasteiger partial charge in [-0.15, -0.1) is 0 Å². The Balaban J connectivity index is 2.57. The Kier molecular flexibility index (Phi) is 4.39. The highest BCUT2D eigenvalue weighted by molar-refractivity contribution is 5.76. The zero-order chi connectivity index (χ0) is 10.6. The molecule has 3 nitrogen and oxygen atoms in total. The second-order valence-electron chi connectivity index (χ2n) is 4.26. The third-order valence-corrected chi connectivity index (χ3v) is 2.94. The summed E-state index contributed by atoms with van der Waals surface area (Å²) in [5, 5.41) is 0. The quantitative estimate of drug-likeness (QED) is 0.747. The maximum atomic E-state index is 11.8. The molecule has 0 radical (unpaired) electrons. The first kappa shape index (κ1) is 11.5. The maximum absolute atomic E-state index is 11.8. The van der Waals surface area contributed by atoms with Gasteiger partial charge in [0.1, 0.15) is 0 Å². The molecule has 1 heterocycles. The van der Waals surface area contributed by atoms with Gasteiger partial charge in [-0.05, 0) is 32.6 Å². The largest absolute Gasteiger partial charge is 0.338 e. The third-order valence-electron chi connectivity index (χ3n) is 2.94. The van der Waals surface area contributed by atoms with E-state index in [-0.39, 0.29) is 18.0 Å². The van der Waals surface area contributed by atoms with E-state index in [2.05, 4.69) is 0 Å². The van der Waals surface area contributed by atoms with Gasteiger partial charge in [0.15, 0.2) is 0 Å². The Hall–Kier alpha value is -0.570. The van der Waals surface area contributed by atoms with E-state index in [0.717, 1.165) is 25.8 Å². The number of carbonyl (C=O) groups excluding carboxylic acids is 1. The van der Waals surface area contributed by atoms with Crippen molar-refractivity contribution in [2.75, 3.05) is 6.54 Å². The standard InChI is InChI=1S/C11H22N2O/c1-3-6-11(14)13-8-5-4-7-10(13)9(2)12/h9-10H,3-8,12H2,1-2H3. The summed E-state index contributed by atoms with van der Waals surface area (Å²) in [4.78, 5) is 13.8.